The van der Waals surface area contributed by atoms with Crippen LogP contribution in [0.25, 0.3) is 0 Å². The molecule has 2 aliphatic rings. The molecule has 0 bridgehead atoms. The van der Waals surface area contributed by atoms with E-state index in [0.717, 1.165) is 32.2 Å². The van der Waals surface area contributed by atoms with Gasteiger partial charge in [-0.2, -0.15) is 0 Å². The third kappa shape index (κ3) is 2.86. The van der Waals surface area contributed by atoms with Gasteiger partial charge < -0.3 is 4.84 Å². The molecule has 1 saturated carbocycles. The van der Waals surface area contributed by atoms with E-state index in [1.807, 2.05) is 17.2 Å². The number of rotatable bonds is 4. The van der Waals surface area contributed by atoms with Crippen molar-refractivity contribution < 1.29 is 9.63 Å². The highest BCUT2D eigenvalue weighted by atomic mass is 35.5. The first-order valence-electron chi connectivity index (χ1n) is 8.00. The van der Waals surface area contributed by atoms with Crippen LogP contribution in [0.15, 0.2) is 18.2 Å². The number of hydrogen-bond acceptors (Lipinski definition) is 3. The Morgan fingerprint density at radius 3 is 2.59 bits per heavy atom. The second kappa shape index (κ2) is 6.77. The van der Waals surface area contributed by atoms with Crippen molar-refractivity contribution in [2.24, 2.45) is 0 Å². The van der Waals surface area contributed by atoms with Gasteiger partial charge in [0.2, 0.25) is 0 Å². The summed E-state index contributed by atoms with van der Waals surface area (Å²) in [5.74, 6) is 0. The molecule has 1 aliphatic carbocycles. The number of nitrogens with zero attached hydrogens (tertiary/aromatic N) is 1. The molecule has 1 aromatic carbocycles. The van der Waals surface area contributed by atoms with Gasteiger partial charge in [0.05, 0.1) is 16.1 Å². The Morgan fingerprint density at radius 2 is 1.91 bits per heavy atom. The Morgan fingerprint density at radius 1 is 1.14 bits per heavy atom. The van der Waals surface area contributed by atoms with Crippen LogP contribution in [-0.4, -0.2) is 24.1 Å². The molecule has 0 spiro atoms. The zero-order valence-corrected chi connectivity index (χ0v) is 14.1. The van der Waals surface area contributed by atoms with E-state index in [0.29, 0.717) is 16.5 Å². The molecular formula is C17H21Cl2NO2. The van der Waals surface area contributed by atoms with Crippen LogP contribution in [0.3, 0.4) is 0 Å². The number of halogens is 2. The number of benzene rings is 1. The van der Waals surface area contributed by atoms with Crippen LogP contribution in [0, 0.1) is 0 Å². The van der Waals surface area contributed by atoms with E-state index in [1.165, 1.54) is 24.8 Å². The third-order valence-electron chi connectivity index (χ3n) is 5.26. The van der Waals surface area contributed by atoms with Crippen LogP contribution in [0.4, 0.5) is 0 Å². The maximum atomic E-state index is 10.8. The Balaban J connectivity index is 2.00. The average molecular weight is 342 g/mol. The minimum absolute atomic E-state index is 0.00594. The van der Waals surface area contributed by atoms with Crippen molar-refractivity contribution in [1.29, 1.82) is 0 Å². The molecule has 1 aromatic rings. The summed E-state index contributed by atoms with van der Waals surface area (Å²) in [5, 5.41) is 3.06. The largest absolute Gasteiger partial charge is 0.371 e. The quantitative estimate of drug-likeness (QED) is 0.740. The summed E-state index contributed by atoms with van der Waals surface area (Å²) in [6.45, 7) is 1.36. The summed E-state index contributed by atoms with van der Waals surface area (Å²) in [4.78, 5) is 16.1. The highest BCUT2D eigenvalue weighted by Crippen LogP contribution is 2.48. The molecule has 0 amide bonds. The molecule has 120 valence electrons. The van der Waals surface area contributed by atoms with E-state index in [-0.39, 0.29) is 11.5 Å². The van der Waals surface area contributed by atoms with Crippen LogP contribution in [0.5, 0.6) is 0 Å². The molecule has 1 unspecified atom stereocenters. The number of carbonyl (C=O) groups is 1. The first kappa shape index (κ1) is 16.1. The van der Waals surface area contributed by atoms with Crippen molar-refractivity contribution in [1.82, 2.24) is 5.06 Å². The van der Waals surface area contributed by atoms with Gasteiger partial charge in [0, 0.05) is 12.0 Å². The second-order valence-electron chi connectivity index (χ2n) is 6.35. The standard InChI is InChI=1S/C17H21Cl2NO2/c18-14-7-6-13(11-15(14)19)17(8-2-1-3-9-17)16-5-4-10-20(16)22-12-21/h6-7,11-12,16H,1-5,8-10H2. The molecule has 1 aliphatic heterocycles. The van der Waals surface area contributed by atoms with Crippen LogP contribution in [-0.2, 0) is 15.0 Å². The fourth-order valence-electron chi connectivity index (χ4n) is 4.28. The highest BCUT2D eigenvalue weighted by molar-refractivity contribution is 6.42. The first-order valence-corrected chi connectivity index (χ1v) is 8.75. The summed E-state index contributed by atoms with van der Waals surface area (Å²) in [6.07, 6.45) is 7.99. The lowest BCUT2D eigenvalue weighted by Gasteiger charge is -2.45. The van der Waals surface area contributed by atoms with Gasteiger partial charge in [0.1, 0.15) is 0 Å². The maximum absolute atomic E-state index is 10.8. The van der Waals surface area contributed by atoms with Crippen molar-refractivity contribution in [2.75, 3.05) is 6.54 Å². The Labute approximate surface area is 141 Å². The molecule has 0 N–H and O–H groups in total. The van der Waals surface area contributed by atoms with Gasteiger partial charge in [-0.15, -0.1) is 5.06 Å². The Kier molecular flexibility index (Phi) is 4.96. The van der Waals surface area contributed by atoms with Crippen molar-refractivity contribution in [3.05, 3.63) is 33.8 Å². The van der Waals surface area contributed by atoms with Gasteiger partial charge in [-0.25, -0.2) is 0 Å². The van der Waals surface area contributed by atoms with Gasteiger partial charge in [0.25, 0.3) is 0 Å². The van der Waals surface area contributed by atoms with Gasteiger partial charge >= 0.3 is 6.47 Å². The fraction of sp³-hybridized carbons (Fsp3) is 0.588. The summed E-state index contributed by atoms with van der Waals surface area (Å²) in [5.41, 5.74) is 1.24. The lowest BCUT2D eigenvalue weighted by Crippen LogP contribution is -2.48. The molecule has 0 aromatic heterocycles. The predicted octanol–water partition coefficient (Wildman–Crippen LogP) is 4.75. The normalized spacial score (nSPS) is 25.1. The minimum Gasteiger partial charge on any atom is -0.371 e. The van der Waals surface area contributed by atoms with E-state index in [2.05, 4.69) is 6.07 Å². The van der Waals surface area contributed by atoms with Crippen molar-refractivity contribution in [3.8, 4) is 0 Å². The second-order valence-corrected chi connectivity index (χ2v) is 7.16. The summed E-state index contributed by atoms with van der Waals surface area (Å²) >= 11 is 12.4. The van der Waals surface area contributed by atoms with E-state index in [9.17, 15) is 4.79 Å². The van der Waals surface area contributed by atoms with Crippen LogP contribution >= 0.6 is 23.2 Å². The average Bonchev–Trinajstić information content (AvgIpc) is 3.00. The van der Waals surface area contributed by atoms with E-state index in [1.54, 1.807) is 0 Å². The molecule has 3 rings (SSSR count). The minimum atomic E-state index is 0.00594. The molecule has 2 fully saturated rings. The lowest BCUT2D eigenvalue weighted by molar-refractivity contribution is -0.185. The Bertz CT molecular complexity index is 543. The fourth-order valence-corrected chi connectivity index (χ4v) is 4.57. The number of hydroxylamine groups is 2. The Hall–Kier alpha value is -0.770. The highest BCUT2D eigenvalue weighted by Gasteiger charge is 2.47. The number of carbonyl (C=O) groups excluding carboxylic acids is 1. The summed E-state index contributed by atoms with van der Waals surface area (Å²) < 4.78 is 0. The van der Waals surface area contributed by atoms with Crippen LogP contribution in [0.2, 0.25) is 10.0 Å². The molecule has 1 heterocycles. The van der Waals surface area contributed by atoms with E-state index in [4.69, 9.17) is 28.0 Å². The van der Waals surface area contributed by atoms with Crippen LogP contribution < -0.4 is 0 Å². The molecule has 1 atom stereocenters. The zero-order valence-electron chi connectivity index (χ0n) is 12.6. The first-order chi connectivity index (χ1) is 10.7. The van der Waals surface area contributed by atoms with Crippen molar-refractivity contribution in [2.45, 2.75) is 56.4 Å². The van der Waals surface area contributed by atoms with Crippen molar-refractivity contribution >= 4 is 29.7 Å². The smallest absolute Gasteiger partial charge is 0.313 e. The summed E-state index contributed by atoms with van der Waals surface area (Å²) in [7, 11) is 0. The SMILES string of the molecule is O=CON1CCCC1C1(c2ccc(Cl)c(Cl)c2)CCCCC1. The monoisotopic (exact) mass is 341 g/mol. The van der Waals surface area contributed by atoms with Gasteiger partial charge in [0.15, 0.2) is 0 Å². The molecule has 22 heavy (non-hydrogen) atoms. The van der Waals surface area contributed by atoms with E-state index < -0.39 is 0 Å². The molecule has 5 heteroatoms. The molecule has 1 saturated heterocycles. The molecule has 0 radical (unpaired) electrons. The zero-order chi connectivity index (χ0) is 15.6. The summed E-state index contributed by atoms with van der Waals surface area (Å²) in [6, 6.07) is 6.22. The topological polar surface area (TPSA) is 29.5 Å². The van der Waals surface area contributed by atoms with Gasteiger partial charge in [-0.1, -0.05) is 48.5 Å². The van der Waals surface area contributed by atoms with Gasteiger partial charge in [-0.3, -0.25) is 4.79 Å². The van der Waals surface area contributed by atoms with Gasteiger partial charge in [-0.05, 0) is 43.4 Å². The lowest BCUT2D eigenvalue weighted by atomic mass is 9.64. The van der Waals surface area contributed by atoms with Crippen molar-refractivity contribution in [3.63, 3.8) is 0 Å². The predicted molar refractivity (Wildman–Crippen MR) is 88.1 cm³/mol. The molecular weight excluding hydrogens is 321 g/mol. The van der Waals surface area contributed by atoms with E-state index >= 15 is 0 Å². The van der Waals surface area contributed by atoms with Crippen LogP contribution in [0.1, 0.15) is 50.5 Å². The maximum Gasteiger partial charge on any atom is 0.313 e. The number of hydrogen-bond donors (Lipinski definition) is 0. The third-order valence-corrected chi connectivity index (χ3v) is 6.00. The molecule has 3 nitrogen and oxygen atoms in total.